The summed E-state index contributed by atoms with van der Waals surface area (Å²) in [5.41, 5.74) is 1.37. The second kappa shape index (κ2) is 8.34. The predicted octanol–water partition coefficient (Wildman–Crippen LogP) is 4.69. The highest BCUT2D eigenvalue weighted by Crippen LogP contribution is 2.36. The first-order valence-corrected chi connectivity index (χ1v) is 9.13. The zero-order chi connectivity index (χ0) is 16.8. The number of hydrogen-bond acceptors (Lipinski definition) is 4. The summed E-state index contributed by atoms with van der Waals surface area (Å²) in [6.45, 7) is 2.92. The van der Waals surface area contributed by atoms with Crippen molar-refractivity contribution in [3.8, 4) is 0 Å². The number of ether oxygens (including phenoxy) is 3. The molecule has 4 nitrogen and oxygen atoms in total. The summed E-state index contributed by atoms with van der Waals surface area (Å²) < 4.78 is 17.1. The van der Waals surface area contributed by atoms with E-state index in [1.54, 1.807) is 0 Å². The first kappa shape index (κ1) is 17.0. The molecule has 2 aliphatic heterocycles. The summed E-state index contributed by atoms with van der Waals surface area (Å²) in [5, 5.41) is 0. The summed E-state index contributed by atoms with van der Waals surface area (Å²) in [7, 11) is 0. The lowest BCUT2D eigenvalue weighted by atomic mass is 10.1. The Morgan fingerprint density at radius 3 is 3.04 bits per heavy atom. The molecule has 0 aromatic carbocycles. The summed E-state index contributed by atoms with van der Waals surface area (Å²) in [5.74, 6) is 0.921. The average molecular weight is 330 g/mol. The zero-order valence-corrected chi connectivity index (χ0v) is 14.4. The second-order valence-corrected chi connectivity index (χ2v) is 6.40. The SMILES string of the molecule is CCCCCC/C=C(/OC1CCCCO1)C1=C2C=CC=C2OC1=O. The minimum absolute atomic E-state index is 0.264. The molecule has 24 heavy (non-hydrogen) atoms. The quantitative estimate of drug-likeness (QED) is 0.368. The number of rotatable bonds is 8. The van der Waals surface area contributed by atoms with Crippen LogP contribution in [-0.2, 0) is 19.0 Å². The van der Waals surface area contributed by atoms with Gasteiger partial charge in [-0.05, 0) is 37.8 Å². The molecule has 1 saturated heterocycles. The summed E-state index contributed by atoms with van der Waals surface area (Å²) >= 11 is 0. The Bertz CT molecular complexity index is 589. The maximum atomic E-state index is 12.3. The normalized spacial score (nSPS) is 23.4. The van der Waals surface area contributed by atoms with Gasteiger partial charge in [-0.25, -0.2) is 4.79 Å². The Balaban J connectivity index is 1.75. The number of allylic oxidation sites excluding steroid dienone is 4. The molecule has 0 amide bonds. The van der Waals surface area contributed by atoms with Crippen molar-refractivity contribution in [1.82, 2.24) is 0 Å². The Morgan fingerprint density at radius 1 is 1.33 bits per heavy atom. The van der Waals surface area contributed by atoms with Crippen LogP contribution in [0.3, 0.4) is 0 Å². The molecule has 0 aromatic heterocycles. The van der Waals surface area contributed by atoms with Gasteiger partial charge in [0.1, 0.15) is 17.1 Å². The Kier molecular flexibility index (Phi) is 5.91. The van der Waals surface area contributed by atoms with Gasteiger partial charge in [-0.15, -0.1) is 0 Å². The number of unbranched alkanes of at least 4 members (excludes halogenated alkanes) is 4. The van der Waals surface area contributed by atoms with Gasteiger partial charge in [0.05, 0.1) is 6.61 Å². The Morgan fingerprint density at radius 2 is 2.25 bits per heavy atom. The van der Waals surface area contributed by atoms with E-state index in [9.17, 15) is 4.79 Å². The van der Waals surface area contributed by atoms with Crippen molar-refractivity contribution in [3.05, 3.63) is 47.0 Å². The lowest BCUT2D eigenvalue weighted by molar-refractivity contribution is -0.142. The van der Waals surface area contributed by atoms with Crippen molar-refractivity contribution in [1.29, 1.82) is 0 Å². The Labute approximate surface area is 143 Å². The molecule has 3 rings (SSSR count). The summed E-state index contributed by atoms with van der Waals surface area (Å²) in [4.78, 5) is 12.3. The number of fused-ring (bicyclic) bond motifs is 1. The smallest absolute Gasteiger partial charge is 0.348 e. The van der Waals surface area contributed by atoms with Gasteiger partial charge in [0.15, 0.2) is 6.29 Å². The topological polar surface area (TPSA) is 44.8 Å². The van der Waals surface area contributed by atoms with Gasteiger partial charge in [0.25, 0.3) is 0 Å². The van der Waals surface area contributed by atoms with Crippen LogP contribution < -0.4 is 0 Å². The van der Waals surface area contributed by atoms with Gasteiger partial charge in [0.2, 0.25) is 0 Å². The van der Waals surface area contributed by atoms with E-state index in [1.165, 1.54) is 19.3 Å². The summed E-state index contributed by atoms with van der Waals surface area (Å²) in [6, 6.07) is 0. The van der Waals surface area contributed by atoms with Gasteiger partial charge >= 0.3 is 5.97 Å². The van der Waals surface area contributed by atoms with Crippen molar-refractivity contribution in [2.75, 3.05) is 6.61 Å². The number of esters is 1. The molecule has 0 aromatic rings. The third kappa shape index (κ3) is 3.99. The molecule has 0 bridgehead atoms. The molecule has 1 fully saturated rings. The van der Waals surface area contributed by atoms with E-state index in [2.05, 4.69) is 6.92 Å². The van der Waals surface area contributed by atoms with Gasteiger partial charge in [-0.2, -0.15) is 0 Å². The van der Waals surface area contributed by atoms with E-state index in [0.717, 1.165) is 44.3 Å². The van der Waals surface area contributed by atoms with Gasteiger partial charge in [-0.3, -0.25) is 0 Å². The maximum absolute atomic E-state index is 12.3. The van der Waals surface area contributed by atoms with E-state index in [-0.39, 0.29) is 12.3 Å². The lowest BCUT2D eigenvalue weighted by Gasteiger charge is -2.25. The molecule has 4 heteroatoms. The van der Waals surface area contributed by atoms with Crippen LogP contribution in [0.1, 0.15) is 58.3 Å². The average Bonchev–Trinajstić information content (AvgIpc) is 3.15. The van der Waals surface area contributed by atoms with E-state index < -0.39 is 0 Å². The number of hydrogen-bond donors (Lipinski definition) is 0. The minimum atomic E-state index is -0.323. The number of carbonyl (C=O) groups excluding carboxylic acids is 1. The molecule has 0 N–H and O–H groups in total. The molecule has 1 unspecified atom stereocenters. The fourth-order valence-electron chi connectivity index (χ4n) is 3.15. The highest BCUT2D eigenvalue weighted by Gasteiger charge is 2.34. The van der Waals surface area contributed by atoms with E-state index in [4.69, 9.17) is 14.2 Å². The van der Waals surface area contributed by atoms with E-state index in [1.807, 2.05) is 24.3 Å². The van der Waals surface area contributed by atoms with Crippen molar-refractivity contribution in [2.24, 2.45) is 0 Å². The third-order valence-electron chi connectivity index (χ3n) is 4.48. The molecule has 0 saturated carbocycles. The molecular weight excluding hydrogens is 304 g/mol. The van der Waals surface area contributed by atoms with E-state index >= 15 is 0 Å². The first-order valence-electron chi connectivity index (χ1n) is 9.13. The maximum Gasteiger partial charge on any atom is 0.348 e. The van der Waals surface area contributed by atoms with Crippen LogP contribution in [0.5, 0.6) is 0 Å². The van der Waals surface area contributed by atoms with Crippen molar-refractivity contribution < 1.29 is 19.0 Å². The van der Waals surface area contributed by atoms with Crippen LogP contribution in [0.4, 0.5) is 0 Å². The first-order chi connectivity index (χ1) is 11.8. The van der Waals surface area contributed by atoms with Crippen LogP contribution in [0.25, 0.3) is 0 Å². The van der Waals surface area contributed by atoms with Crippen LogP contribution >= 0.6 is 0 Å². The molecule has 130 valence electrons. The third-order valence-corrected chi connectivity index (χ3v) is 4.48. The molecule has 2 heterocycles. The molecule has 1 atom stereocenters. The molecular formula is C20H26O4. The van der Waals surface area contributed by atoms with Crippen molar-refractivity contribution >= 4 is 5.97 Å². The van der Waals surface area contributed by atoms with Gasteiger partial charge in [-0.1, -0.05) is 38.3 Å². The molecule has 3 aliphatic rings. The van der Waals surface area contributed by atoms with Gasteiger partial charge in [0, 0.05) is 12.0 Å². The summed E-state index contributed by atoms with van der Waals surface area (Å²) in [6.07, 6.45) is 16.1. The van der Waals surface area contributed by atoms with E-state index in [0.29, 0.717) is 17.1 Å². The highest BCUT2D eigenvalue weighted by atomic mass is 16.7. The van der Waals surface area contributed by atoms with Crippen LogP contribution in [0.15, 0.2) is 47.0 Å². The number of carbonyl (C=O) groups is 1. The molecule has 0 spiro atoms. The fourth-order valence-corrected chi connectivity index (χ4v) is 3.15. The highest BCUT2D eigenvalue weighted by molar-refractivity contribution is 5.99. The second-order valence-electron chi connectivity index (χ2n) is 6.40. The zero-order valence-electron chi connectivity index (χ0n) is 14.4. The molecule has 1 aliphatic carbocycles. The Hall–Kier alpha value is -1.81. The molecule has 0 radical (unpaired) electrons. The van der Waals surface area contributed by atoms with Crippen molar-refractivity contribution in [3.63, 3.8) is 0 Å². The van der Waals surface area contributed by atoms with Gasteiger partial charge < -0.3 is 14.2 Å². The monoisotopic (exact) mass is 330 g/mol. The van der Waals surface area contributed by atoms with Crippen LogP contribution in [0, 0.1) is 0 Å². The van der Waals surface area contributed by atoms with Crippen LogP contribution in [-0.4, -0.2) is 18.9 Å². The van der Waals surface area contributed by atoms with Crippen LogP contribution in [0.2, 0.25) is 0 Å². The largest absolute Gasteiger partial charge is 0.464 e. The van der Waals surface area contributed by atoms with Crippen molar-refractivity contribution in [2.45, 2.75) is 64.6 Å². The lowest BCUT2D eigenvalue weighted by Crippen LogP contribution is -2.23. The fraction of sp³-hybridized carbons (Fsp3) is 0.550. The standard InChI is InChI=1S/C20H26O4/c1-2-3-4-5-6-11-17(23-18-13-7-8-14-22-18)19-15-10-9-12-16(15)24-20(19)21/h9-12,18H,2-8,13-14H2,1H3/b17-11+. The minimum Gasteiger partial charge on any atom is -0.464 e. The predicted molar refractivity (Wildman–Crippen MR) is 91.9 cm³/mol.